The zero-order chi connectivity index (χ0) is 21.3. The fourth-order valence-electron chi connectivity index (χ4n) is 3.49. The first-order valence-electron chi connectivity index (χ1n) is 10.3. The average Bonchev–Trinajstić information content (AvgIpc) is 3.17. The quantitative estimate of drug-likeness (QED) is 0.702. The monoisotopic (exact) mass is 405 g/mol. The van der Waals surface area contributed by atoms with E-state index in [1.165, 1.54) is 0 Å². The van der Waals surface area contributed by atoms with E-state index in [0.717, 1.165) is 35.4 Å². The van der Waals surface area contributed by atoms with Crippen LogP contribution in [-0.2, 0) is 4.79 Å². The highest BCUT2D eigenvalue weighted by Gasteiger charge is 2.25. The molecule has 0 saturated carbocycles. The summed E-state index contributed by atoms with van der Waals surface area (Å²) in [7, 11) is 0. The molecule has 0 atom stereocenters. The smallest absolute Gasteiger partial charge is 0.289 e. The number of benzene rings is 2. The average molecular weight is 405 g/mol. The van der Waals surface area contributed by atoms with E-state index >= 15 is 0 Å². The Morgan fingerprint density at radius 1 is 0.933 bits per heavy atom. The Balaban J connectivity index is 1.36. The van der Waals surface area contributed by atoms with Gasteiger partial charge >= 0.3 is 0 Å². The van der Waals surface area contributed by atoms with Crippen molar-refractivity contribution in [3.05, 3.63) is 60.4 Å². The van der Waals surface area contributed by atoms with Gasteiger partial charge < -0.3 is 19.5 Å². The predicted octanol–water partition coefficient (Wildman–Crippen LogP) is 4.38. The molecule has 1 N–H and O–H groups in total. The van der Waals surface area contributed by atoms with Gasteiger partial charge in [0, 0.05) is 48.4 Å². The van der Waals surface area contributed by atoms with Crippen LogP contribution in [0.5, 0.6) is 0 Å². The van der Waals surface area contributed by atoms with Gasteiger partial charge in [0.05, 0.1) is 0 Å². The van der Waals surface area contributed by atoms with Crippen molar-refractivity contribution in [3.63, 3.8) is 0 Å². The minimum absolute atomic E-state index is 0.00651. The number of piperazine rings is 1. The summed E-state index contributed by atoms with van der Waals surface area (Å²) in [5, 5.41) is 3.89. The maximum Gasteiger partial charge on any atom is 0.289 e. The van der Waals surface area contributed by atoms with Gasteiger partial charge in [-0.15, -0.1) is 0 Å². The van der Waals surface area contributed by atoms with Crippen LogP contribution in [0.15, 0.2) is 59.0 Å². The van der Waals surface area contributed by atoms with Gasteiger partial charge in [0.15, 0.2) is 5.76 Å². The van der Waals surface area contributed by atoms with Crippen molar-refractivity contribution in [1.29, 1.82) is 0 Å². The Hall–Kier alpha value is -3.28. The number of anilines is 2. The molecular weight excluding hydrogens is 378 g/mol. The molecule has 0 spiro atoms. The van der Waals surface area contributed by atoms with Gasteiger partial charge in [0.2, 0.25) is 5.91 Å². The molecule has 2 amide bonds. The minimum Gasteiger partial charge on any atom is -0.451 e. The number of carbonyl (C=O) groups excluding carboxylic acids is 2. The maximum absolute atomic E-state index is 12.8. The van der Waals surface area contributed by atoms with Crippen molar-refractivity contribution in [2.45, 2.75) is 20.8 Å². The Morgan fingerprint density at radius 3 is 2.23 bits per heavy atom. The van der Waals surface area contributed by atoms with Gasteiger partial charge in [-0.25, -0.2) is 0 Å². The van der Waals surface area contributed by atoms with E-state index in [9.17, 15) is 9.59 Å². The third-order valence-electron chi connectivity index (χ3n) is 5.37. The van der Waals surface area contributed by atoms with Gasteiger partial charge in [-0.3, -0.25) is 9.59 Å². The maximum atomic E-state index is 12.8. The fourth-order valence-corrected chi connectivity index (χ4v) is 3.49. The predicted molar refractivity (Wildman–Crippen MR) is 119 cm³/mol. The molecule has 30 heavy (non-hydrogen) atoms. The van der Waals surface area contributed by atoms with Crippen molar-refractivity contribution in [3.8, 4) is 0 Å². The molecule has 4 rings (SSSR count). The lowest BCUT2D eigenvalue weighted by molar-refractivity contribution is -0.123. The van der Waals surface area contributed by atoms with Crippen molar-refractivity contribution in [2.75, 3.05) is 36.4 Å². The molecule has 1 fully saturated rings. The topological polar surface area (TPSA) is 65.8 Å². The van der Waals surface area contributed by atoms with Crippen molar-refractivity contribution < 1.29 is 14.0 Å². The van der Waals surface area contributed by atoms with E-state index < -0.39 is 5.41 Å². The highest BCUT2D eigenvalue weighted by Crippen LogP contribution is 2.24. The van der Waals surface area contributed by atoms with Crippen LogP contribution in [-0.4, -0.2) is 42.9 Å². The molecule has 3 aromatic rings. The molecule has 6 nitrogen and oxygen atoms in total. The van der Waals surface area contributed by atoms with Gasteiger partial charge in [-0.1, -0.05) is 39.0 Å². The van der Waals surface area contributed by atoms with Crippen LogP contribution in [0.2, 0.25) is 0 Å². The lowest BCUT2D eigenvalue weighted by Crippen LogP contribution is -2.48. The summed E-state index contributed by atoms with van der Waals surface area (Å²) in [6.07, 6.45) is 0. The largest absolute Gasteiger partial charge is 0.451 e. The Kier molecular flexibility index (Phi) is 5.24. The summed E-state index contributed by atoms with van der Waals surface area (Å²) in [6, 6.07) is 17.3. The molecule has 2 aromatic carbocycles. The van der Waals surface area contributed by atoms with Crippen LogP contribution in [0.1, 0.15) is 31.3 Å². The van der Waals surface area contributed by atoms with Gasteiger partial charge in [0.25, 0.3) is 5.91 Å². The summed E-state index contributed by atoms with van der Waals surface area (Å²) in [5.74, 6) is 0.322. The third-order valence-corrected chi connectivity index (χ3v) is 5.37. The van der Waals surface area contributed by atoms with Crippen LogP contribution in [0.25, 0.3) is 11.0 Å². The highest BCUT2D eigenvalue weighted by atomic mass is 16.3. The molecule has 0 radical (unpaired) electrons. The molecular formula is C24H27N3O3. The van der Waals surface area contributed by atoms with E-state index in [1.54, 1.807) is 0 Å². The number of furan rings is 1. The van der Waals surface area contributed by atoms with Crippen LogP contribution in [0, 0.1) is 5.41 Å². The second-order valence-electron chi connectivity index (χ2n) is 8.68. The standard InChI is InChI=1S/C24H27N3O3/c1-24(2,3)23(29)25-18-8-10-19(11-9-18)26-12-14-27(15-13-26)22(28)21-16-17-6-4-5-7-20(17)30-21/h4-11,16H,12-15H2,1-3H3,(H,25,29). The number of fused-ring (bicyclic) bond motifs is 1. The number of para-hydroxylation sites is 1. The van der Waals surface area contributed by atoms with Crippen LogP contribution in [0.3, 0.4) is 0 Å². The summed E-state index contributed by atoms with van der Waals surface area (Å²) in [5.41, 5.74) is 2.18. The Morgan fingerprint density at radius 2 is 1.60 bits per heavy atom. The summed E-state index contributed by atoms with van der Waals surface area (Å²) >= 11 is 0. The Bertz CT molecular complexity index is 1020. The zero-order valence-corrected chi connectivity index (χ0v) is 17.6. The summed E-state index contributed by atoms with van der Waals surface area (Å²) in [6.45, 7) is 8.45. The molecule has 1 aliphatic rings. The third kappa shape index (κ3) is 4.17. The number of hydrogen-bond acceptors (Lipinski definition) is 4. The summed E-state index contributed by atoms with van der Waals surface area (Å²) in [4.78, 5) is 29.0. The lowest BCUT2D eigenvalue weighted by atomic mass is 9.95. The first-order valence-corrected chi connectivity index (χ1v) is 10.3. The molecule has 1 aliphatic heterocycles. The molecule has 2 heterocycles. The number of rotatable bonds is 3. The second-order valence-corrected chi connectivity index (χ2v) is 8.68. The molecule has 0 aliphatic carbocycles. The van der Waals surface area contributed by atoms with E-state index in [1.807, 2.05) is 80.3 Å². The van der Waals surface area contributed by atoms with E-state index in [4.69, 9.17) is 4.42 Å². The first-order chi connectivity index (χ1) is 14.3. The first kappa shape index (κ1) is 20.0. The highest BCUT2D eigenvalue weighted by molar-refractivity contribution is 5.96. The second kappa shape index (κ2) is 7.86. The van der Waals surface area contributed by atoms with Crippen molar-refractivity contribution in [1.82, 2.24) is 4.90 Å². The number of amides is 2. The van der Waals surface area contributed by atoms with Crippen LogP contribution >= 0.6 is 0 Å². The molecule has 0 unspecified atom stereocenters. The number of nitrogens with zero attached hydrogens (tertiary/aromatic N) is 2. The van der Waals surface area contributed by atoms with E-state index in [-0.39, 0.29) is 11.8 Å². The normalized spacial score (nSPS) is 14.8. The van der Waals surface area contributed by atoms with Crippen molar-refractivity contribution >= 4 is 34.2 Å². The van der Waals surface area contributed by atoms with Crippen LogP contribution in [0.4, 0.5) is 11.4 Å². The van der Waals surface area contributed by atoms with Crippen LogP contribution < -0.4 is 10.2 Å². The molecule has 0 bridgehead atoms. The van der Waals surface area contributed by atoms with Crippen molar-refractivity contribution in [2.24, 2.45) is 5.41 Å². The molecule has 1 aromatic heterocycles. The minimum atomic E-state index is -0.429. The molecule has 6 heteroatoms. The Labute approximate surface area is 176 Å². The van der Waals surface area contributed by atoms with Gasteiger partial charge in [0.1, 0.15) is 5.58 Å². The lowest BCUT2D eigenvalue weighted by Gasteiger charge is -2.35. The number of hydrogen-bond donors (Lipinski definition) is 1. The summed E-state index contributed by atoms with van der Waals surface area (Å²) < 4.78 is 5.72. The molecule has 1 saturated heterocycles. The number of nitrogens with one attached hydrogen (secondary N) is 1. The SMILES string of the molecule is CC(C)(C)C(=O)Nc1ccc(N2CCN(C(=O)c3cc4ccccc4o3)CC2)cc1. The van der Waals surface area contributed by atoms with Gasteiger partial charge in [-0.05, 0) is 36.4 Å². The van der Waals surface area contributed by atoms with Gasteiger partial charge in [-0.2, -0.15) is 0 Å². The zero-order valence-electron chi connectivity index (χ0n) is 17.6. The van der Waals surface area contributed by atoms with E-state index in [2.05, 4.69) is 10.2 Å². The number of carbonyl (C=O) groups is 2. The molecule has 156 valence electrons. The fraction of sp³-hybridized carbons (Fsp3) is 0.333. The van der Waals surface area contributed by atoms with E-state index in [0.29, 0.717) is 18.8 Å².